The fraction of sp³-hybridized carbons (Fsp3) is 0.750. The van der Waals surface area contributed by atoms with E-state index in [0.29, 0.717) is 0 Å². The summed E-state index contributed by atoms with van der Waals surface area (Å²) in [6.07, 6.45) is 3.65. The molecule has 2 fully saturated rings. The predicted octanol–water partition coefficient (Wildman–Crippen LogP) is 0.638. The molecule has 16 heavy (non-hydrogen) atoms. The number of rotatable bonds is 2. The Kier molecular flexibility index (Phi) is 2.59. The van der Waals surface area contributed by atoms with Crippen molar-refractivity contribution in [3.8, 4) is 0 Å². The van der Waals surface area contributed by atoms with Crippen LogP contribution in [0.15, 0.2) is 12.2 Å². The topological polar surface area (TPSA) is 67.2 Å². The average Bonchev–Trinajstić information content (AvgIpc) is 2.56. The zero-order chi connectivity index (χ0) is 12.0. The molecule has 1 amide bonds. The van der Waals surface area contributed by atoms with Gasteiger partial charge in [0.1, 0.15) is 0 Å². The Balaban J connectivity index is 1.92. The van der Waals surface area contributed by atoms with Crippen LogP contribution in [0.5, 0.6) is 0 Å². The van der Waals surface area contributed by atoms with Crippen LogP contribution >= 0.6 is 0 Å². The van der Waals surface area contributed by atoms with E-state index in [1.165, 1.54) is 0 Å². The van der Waals surface area contributed by atoms with Gasteiger partial charge in [-0.3, -0.25) is 10.1 Å². The van der Waals surface area contributed by atoms with E-state index in [2.05, 4.69) is 17.2 Å². The van der Waals surface area contributed by atoms with Gasteiger partial charge in [0.2, 0.25) is 5.91 Å². The number of nitrogens with one attached hydrogen (secondary N) is 2. The fourth-order valence-electron chi connectivity index (χ4n) is 2.37. The van der Waals surface area contributed by atoms with E-state index in [1.54, 1.807) is 0 Å². The molecule has 0 spiro atoms. The summed E-state index contributed by atoms with van der Waals surface area (Å²) in [5, 5.41) is 6.22. The smallest absolute Gasteiger partial charge is 0.237 e. The Labute approximate surface area is 96.7 Å². The summed E-state index contributed by atoms with van der Waals surface area (Å²) in [7, 11) is 0. The largest absolute Gasteiger partial charge is 0.346 e. The quantitative estimate of drug-likeness (QED) is 0.602. The molecule has 2 aliphatic rings. The molecule has 0 aromatic carbocycles. The van der Waals surface area contributed by atoms with Gasteiger partial charge < -0.3 is 11.1 Å². The molecular weight excluding hydrogens is 202 g/mol. The Hall–Kier alpha value is -0.870. The van der Waals surface area contributed by atoms with Gasteiger partial charge in [-0.25, -0.2) is 0 Å². The van der Waals surface area contributed by atoms with Crippen LogP contribution in [0.2, 0.25) is 0 Å². The second-order valence-corrected chi connectivity index (χ2v) is 5.58. The van der Waals surface area contributed by atoms with E-state index in [9.17, 15) is 4.79 Å². The molecule has 1 aliphatic heterocycles. The minimum absolute atomic E-state index is 0.0533. The molecule has 3 atom stereocenters. The van der Waals surface area contributed by atoms with Crippen LogP contribution in [0.3, 0.4) is 0 Å². The number of hydrogen-bond acceptors (Lipinski definition) is 3. The number of carbonyl (C=O) groups is 1. The normalized spacial score (nSPS) is 42.9. The average molecular weight is 223 g/mol. The van der Waals surface area contributed by atoms with Gasteiger partial charge in [0.05, 0.1) is 17.2 Å². The van der Waals surface area contributed by atoms with Crippen LogP contribution in [0.4, 0.5) is 0 Å². The van der Waals surface area contributed by atoms with Crippen molar-refractivity contribution in [2.45, 2.75) is 56.8 Å². The third-order valence-corrected chi connectivity index (χ3v) is 3.88. The van der Waals surface area contributed by atoms with Crippen LogP contribution in [0.1, 0.15) is 39.5 Å². The second-order valence-electron chi connectivity index (χ2n) is 5.58. The second kappa shape index (κ2) is 3.57. The minimum atomic E-state index is -0.403. The molecular formula is C12H21N3O. The molecule has 1 saturated carbocycles. The SMILES string of the molecule is C=C1CCC1(C)NC(=O)C1CCC(C)(N)N1. The summed E-state index contributed by atoms with van der Waals surface area (Å²) >= 11 is 0. The van der Waals surface area contributed by atoms with Gasteiger partial charge >= 0.3 is 0 Å². The van der Waals surface area contributed by atoms with Crippen LogP contribution < -0.4 is 16.4 Å². The van der Waals surface area contributed by atoms with Crippen molar-refractivity contribution in [3.05, 3.63) is 12.2 Å². The van der Waals surface area contributed by atoms with E-state index >= 15 is 0 Å². The van der Waals surface area contributed by atoms with Crippen molar-refractivity contribution in [1.29, 1.82) is 0 Å². The fourth-order valence-corrected chi connectivity index (χ4v) is 2.37. The van der Waals surface area contributed by atoms with Gasteiger partial charge in [-0.15, -0.1) is 0 Å². The third-order valence-electron chi connectivity index (χ3n) is 3.88. The molecule has 1 aliphatic carbocycles. The summed E-state index contributed by atoms with van der Waals surface area (Å²) in [6, 6.07) is -0.153. The standard InChI is InChI=1S/C12H21N3O/c1-8-4-6-11(8,2)15-10(16)9-5-7-12(3,13)14-9/h9,14H,1,4-7,13H2,2-3H3,(H,15,16). The summed E-state index contributed by atoms with van der Waals surface area (Å²) in [4.78, 5) is 12.0. The Morgan fingerprint density at radius 2 is 2.25 bits per heavy atom. The van der Waals surface area contributed by atoms with E-state index in [4.69, 9.17) is 5.73 Å². The third kappa shape index (κ3) is 1.99. The van der Waals surface area contributed by atoms with Crippen LogP contribution in [0, 0.1) is 0 Å². The van der Waals surface area contributed by atoms with Gasteiger partial charge in [0, 0.05) is 0 Å². The van der Waals surface area contributed by atoms with Crippen molar-refractivity contribution in [1.82, 2.24) is 10.6 Å². The molecule has 3 unspecified atom stereocenters. The molecule has 0 radical (unpaired) electrons. The molecule has 4 N–H and O–H groups in total. The predicted molar refractivity (Wildman–Crippen MR) is 63.7 cm³/mol. The van der Waals surface area contributed by atoms with E-state index in [-0.39, 0.29) is 17.5 Å². The number of hydrogen-bond donors (Lipinski definition) is 3. The highest BCUT2D eigenvalue weighted by molar-refractivity contribution is 5.83. The number of carbonyl (C=O) groups excluding carboxylic acids is 1. The van der Waals surface area contributed by atoms with E-state index in [0.717, 1.165) is 31.3 Å². The molecule has 0 bridgehead atoms. The molecule has 0 aromatic heterocycles. The first kappa shape index (κ1) is 11.6. The van der Waals surface area contributed by atoms with Crippen molar-refractivity contribution < 1.29 is 4.79 Å². The van der Waals surface area contributed by atoms with Crippen molar-refractivity contribution in [2.24, 2.45) is 5.73 Å². The first-order chi connectivity index (χ1) is 7.32. The number of amides is 1. The lowest BCUT2D eigenvalue weighted by Gasteiger charge is -2.42. The highest BCUT2D eigenvalue weighted by Crippen LogP contribution is 2.36. The molecule has 1 heterocycles. The summed E-state index contributed by atoms with van der Waals surface area (Å²) in [5.74, 6) is 0.0533. The highest BCUT2D eigenvalue weighted by atomic mass is 16.2. The Bertz CT molecular complexity index is 337. The number of nitrogens with two attached hydrogens (primary N) is 1. The van der Waals surface area contributed by atoms with Gasteiger partial charge in [-0.2, -0.15) is 0 Å². The highest BCUT2D eigenvalue weighted by Gasteiger charge is 2.41. The molecule has 4 heteroatoms. The van der Waals surface area contributed by atoms with Gasteiger partial charge in [0.25, 0.3) is 0 Å². The monoisotopic (exact) mass is 223 g/mol. The Morgan fingerprint density at radius 1 is 1.56 bits per heavy atom. The molecule has 2 rings (SSSR count). The minimum Gasteiger partial charge on any atom is -0.346 e. The molecule has 90 valence electrons. The lowest BCUT2D eigenvalue weighted by atomic mass is 9.74. The molecule has 1 saturated heterocycles. The molecule has 4 nitrogen and oxygen atoms in total. The summed E-state index contributed by atoms with van der Waals surface area (Å²) in [5.41, 5.74) is 6.46. The Morgan fingerprint density at radius 3 is 2.62 bits per heavy atom. The van der Waals surface area contributed by atoms with Crippen LogP contribution in [0.25, 0.3) is 0 Å². The van der Waals surface area contributed by atoms with Gasteiger partial charge in [-0.1, -0.05) is 12.2 Å². The summed E-state index contributed by atoms with van der Waals surface area (Å²) < 4.78 is 0. The maximum atomic E-state index is 12.0. The zero-order valence-electron chi connectivity index (χ0n) is 10.1. The van der Waals surface area contributed by atoms with Gasteiger partial charge in [0.15, 0.2) is 0 Å². The van der Waals surface area contributed by atoms with Crippen LogP contribution in [-0.2, 0) is 4.79 Å². The van der Waals surface area contributed by atoms with Gasteiger partial charge in [-0.05, 0) is 39.5 Å². The first-order valence-corrected chi connectivity index (χ1v) is 5.89. The summed E-state index contributed by atoms with van der Waals surface area (Å²) in [6.45, 7) is 7.92. The zero-order valence-corrected chi connectivity index (χ0v) is 10.1. The maximum absolute atomic E-state index is 12.0. The lowest BCUT2D eigenvalue weighted by Crippen LogP contribution is -2.59. The van der Waals surface area contributed by atoms with Crippen molar-refractivity contribution >= 4 is 5.91 Å². The van der Waals surface area contributed by atoms with E-state index in [1.807, 2.05) is 13.8 Å². The van der Waals surface area contributed by atoms with Crippen molar-refractivity contribution in [3.63, 3.8) is 0 Å². The lowest BCUT2D eigenvalue weighted by molar-refractivity contribution is -0.124. The first-order valence-electron chi connectivity index (χ1n) is 5.89. The van der Waals surface area contributed by atoms with Crippen LogP contribution in [-0.4, -0.2) is 23.2 Å². The van der Waals surface area contributed by atoms with E-state index < -0.39 is 5.66 Å². The van der Waals surface area contributed by atoms with Crippen molar-refractivity contribution in [2.75, 3.05) is 0 Å². The maximum Gasteiger partial charge on any atom is 0.237 e. The molecule has 0 aromatic rings.